The lowest BCUT2D eigenvalue weighted by molar-refractivity contribution is 0.0951. The first-order valence-corrected chi connectivity index (χ1v) is 9.86. The number of aromatic amines is 1. The minimum absolute atomic E-state index is 0.185. The molecule has 0 saturated heterocycles. The van der Waals surface area contributed by atoms with Gasteiger partial charge >= 0.3 is 0 Å². The van der Waals surface area contributed by atoms with Crippen molar-refractivity contribution in [3.8, 4) is 11.3 Å². The van der Waals surface area contributed by atoms with Gasteiger partial charge in [0.05, 0.1) is 40.4 Å². The Morgan fingerprint density at radius 3 is 2.67 bits per heavy atom. The molecule has 2 N–H and O–H groups in total. The quantitative estimate of drug-likeness (QED) is 0.471. The van der Waals surface area contributed by atoms with Crippen LogP contribution in [0.5, 0.6) is 0 Å². The number of carbonyl (C=O) groups is 1. The molecule has 3 aromatic heterocycles. The molecule has 0 radical (unpaired) electrons. The van der Waals surface area contributed by atoms with Gasteiger partial charge < -0.3 is 10.3 Å². The molecule has 30 heavy (non-hydrogen) atoms. The third-order valence-electron chi connectivity index (χ3n) is 5.08. The number of aryl methyl sites for hydroxylation is 1. The fourth-order valence-electron chi connectivity index (χ4n) is 3.57. The molecule has 5 rings (SSSR count). The number of hydrogen-bond donors (Lipinski definition) is 2. The van der Waals surface area contributed by atoms with Gasteiger partial charge in [-0.05, 0) is 25.1 Å². The van der Waals surface area contributed by atoms with Crippen LogP contribution >= 0.6 is 0 Å². The molecule has 148 valence electrons. The van der Waals surface area contributed by atoms with Gasteiger partial charge in [0.1, 0.15) is 5.82 Å². The number of para-hydroxylation sites is 2. The van der Waals surface area contributed by atoms with Crippen molar-refractivity contribution >= 4 is 28.0 Å². The van der Waals surface area contributed by atoms with E-state index in [0.29, 0.717) is 30.1 Å². The molecule has 0 aliphatic rings. The zero-order chi connectivity index (χ0) is 20.5. The molecule has 0 spiro atoms. The van der Waals surface area contributed by atoms with Crippen LogP contribution in [-0.4, -0.2) is 30.6 Å². The lowest BCUT2D eigenvalue weighted by Crippen LogP contribution is -2.23. The second-order valence-electron chi connectivity index (χ2n) is 7.00. The first-order valence-electron chi connectivity index (χ1n) is 9.86. The van der Waals surface area contributed by atoms with Crippen LogP contribution in [0.15, 0.2) is 66.9 Å². The highest BCUT2D eigenvalue weighted by atomic mass is 16.1. The second kappa shape index (κ2) is 7.44. The molecule has 1 amide bonds. The average molecular weight is 396 g/mol. The largest absolute Gasteiger partial charge is 0.345 e. The van der Waals surface area contributed by atoms with Gasteiger partial charge in [0, 0.05) is 12.1 Å². The highest BCUT2D eigenvalue weighted by Crippen LogP contribution is 2.25. The fraction of sp³-hybridized carbons (Fsp3) is 0.130. The molecule has 0 fully saturated rings. The maximum Gasteiger partial charge on any atom is 0.252 e. The molecule has 0 unspecified atom stereocenters. The number of rotatable bonds is 5. The number of aromatic nitrogens is 5. The first-order chi connectivity index (χ1) is 14.7. The van der Waals surface area contributed by atoms with Gasteiger partial charge in [0.25, 0.3) is 5.91 Å². The normalized spacial score (nSPS) is 11.2. The SMILES string of the molecule is CCn1ncc2c(C(=O)NCc3nc4ccccc4[nH]3)cc(-c3ccccc3)nc21. The molecule has 0 bridgehead atoms. The van der Waals surface area contributed by atoms with Crippen molar-refractivity contribution in [2.75, 3.05) is 0 Å². The predicted octanol–water partition coefficient (Wildman–Crippen LogP) is 3.92. The van der Waals surface area contributed by atoms with Crippen LogP contribution in [0.4, 0.5) is 0 Å². The fourth-order valence-corrected chi connectivity index (χ4v) is 3.57. The summed E-state index contributed by atoms with van der Waals surface area (Å²) >= 11 is 0. The van der Waals surface area contributed by atoms with Crippen molar-refractivity contribution in [3.05, 3.63) is 78.2 Å². The van der Waals surface area contributed by atoms with E-state index in [-0.39, 0.29) is 5.91 Å². The summed E-state index contributed by atoms with van der Waals surface area (Å²) in [7, 11) is 0. The van der Waals surface area contributed by atoms with E-state index in [1.165, 1.54) is 0 Å². The van der Waals surface area contributed by atoms with Crippen molar-refractivity contribution in [3.63, 3.8) is 0 Å². The topological polar surface area (TPSA) is 88.5 Å². The summed E-state index contributed by atoms with van der Waals surface area (Å²) in [4.78, 5) is 25.6. The molecular formula is C23H20N6O. The van der Waals surface area contributed by atoms with E-state index < -0.39 is 0 Å². The van der Waals surface area contributed by atoms with E-state index in [1.54, 1.807) is 10.9 Å². The van der Waals surface area contributed by atoms with Gasteiger partial charge in [-0.1, -0.05) is 42.5 Å². The van der Waals surface area contributed by atoms with Crippen LogP contribution in [0, 0.1) is 0 Å². The van der Waals surface area contributed by atoms with Gasteiger partial charge in [-0.3, -0.25) is 4.79 Å². The molecule has 2 aromatic carbocycles. The summed E-state index contributed by atoms with van der Waals surface area (Å²) in [5, 5.41) is 8.11. The van der Waals surface area contributed by atoms with Crippen LogP contribution in [0.3, 0.4) is 0 Å². The number of carbonyl (C=O) groups excluding carboxylic acids is 1. The molecule has 3 heterocycles. The summed E-state index contributed by atoms with van der Waals surface area (Å²) in [5.41, 5.74) is 4.77. The number of imidazole rings is 1. The summed E-state index contributed by atoms with van der Waals surface area (Å²) in [6, 6.07) is 19.5. The minimum Gasteiger partial charge on any atom is -0.345 e. The van der Waals surface area contributed by atoms with Gasteiger partial charge in [0.2, 0.25) is 0 Å². The first kappa shape index (κ1) is 18.1. The Morgan fingerprint density at radius 2 is 1.87 bits per heavy atom. The Labute approximate surface area is 172 Å². The van der Waals surface area contributed by atoms with E-state index in [9.17, 15) is 4.79 Å². The Bertz CT molecular complexity index is 1320. The van der Waals surface area contributed by atoms with E-state index in [0.717, 1.165) is 27.7 Å². The lowest BCUT2D eigenvalue weighted by atomic mass is 10.1. The summed E-state index contributed by atoms with van der Waals surface area (Å²) in [6.45, 7) is 2.99. The Balaban J connectivity index is 1.50. The van der Waals surface area contributed by atoms with Crippen molar-refractivity contribution < 1.29 is 4.79 Å². The zero-order valence-electron chi connectivity index (χ0n) is 16.5. The number of nitrogens with zero attached hydrogens (tertiary/aromatic N) is 4. The Hall–Kier alpha value is -4.00. The van der Waals surface area contributed by atoms with Crippen LogP contribution < -0.4 is 5.32 Å². The molecule has 0 atom stereocenters. The standard InChI is InChI=1S/C23H20N6O/c1-2-29-22-17(13-25-29)16(12-20(28-22)15-8-4-3-5-9-15)23(30)24-14-21-26-18-10-6-7-11-19(18)27-21/h3-13H,2,14H2,1H3,(H,24,30)(H,26,27). The Kier molecular flexibility index (Phi) is 4.48. The number of hydrogen-bond acceptors (Lipinski definition) is 4. The minimum atomic E-state index is -0.185. The molecule has 0 aliphatic carbocycles. The van der Waals surface area contributed by atoms with Crippen LogP contribution in [0.25, 0.3) is 33.3 Å². The Morgan fingerprint density at radius 1 is 1.07 bits per heavy atom. The monoisotopic (exact) mass is 396 g/mol. The van der Waals surface area contributed by atoms with E-state index in [1.807, 2.05) is 67.6 Å². The van der Waals surface area contributed by atoms with E-state index >= 15 is 0 Å². The summed E-state index contributed by atoms with van der Waals surface area (Å²) in [5.74, 6) is 0.526. The van der Waals surface area contributed by atoms with Crippen molar-refractivity contribution in [2.24, 2.45) is 0 Å². The van der Waals surface area contributed by atoms with Crippen LogP contribution in [0.1, 0.15) is 23.1 Å². The zero-order valence-corrected chi connectivity index (χ0v) is 16.5. The number of nitrogens with one attached hydrogen (secondary N) is 2. The van der Waals surface area contributed by atoms with Crippen molar-refractivity contribution in [1.29, 1.82) is 0 Å². The number of fused-ring (bicyclic) bond motifs is 2. The van der Waals surface area contributed by atoms with Crippen LogP contribution in [0.2, 0.25) is 0 Å². The third-order valence-corrected chi connectivity index (χ3v) is 5.08. The van der Waals surface area contributed by atoms with Crippen LogP contribution in [-0.2, 0) is 13.1 Å². The average Bonchev–Trinajstić information content (AvgIpc) is 3.40. The molecular weight excluding hydrogens is 376 g/mol. The molecule has 7 heteroatoms. The predicted molar refractivity (Wildman–Crippen MR) is 116 cm³/mol. The number of H-pyrrole nitrogens is 1. The highest BCUT2D eigenvalue weighted by molar-refractivity contribution is 6.06. The maximum atomic E-state index is 13.1. The smallest absolute Gasteiger partial charge is 0.252 e. The second-order valence-corrected chi connectivity index (χ2v) is 7.00. The van der Waals surface area contributed by atoms with Gasteiger partial charge in [-0.15, -0.1) is 0 Å². The third kappa shape index (κ3) is 3.20. The number of amides is 1. The highest BCUT2D eigenvalue weighted by Gasteiger charge is 2.17. The van der Waals surface area contributed by atoms with E-state index in [4.69, 9.17) is 4.98 Å². The summed E-state index contributed by atoms with van der Waals surface area (Å²) < 4.78 is 1.80. The van der Waals surface area contributed by atoms with Gasteiger partial charge in [-0.25, -0.2) is 14.6 Å². The molecule has 0 saturated carbocycles. The molecule has 5 aromatic rings. The maximum absolute atomic E-state index is 13.1. The molecule has 0 aliphatic heterocycles. The van der Waals surface area contributed by atoms with Gasteiger partial charge in [-0.2, -0.15) is 5.10 Å². The van der Waals surface area contributed by atoms with E-state index in [2.05, 4.69) is 20.4 Å². The summed E-state index contributed by atoms with van der Waals surface area (Å²) in [6.07, 6.45) is 1.71. The van der Waals surface area contributed by atoms with Crippen molar-refractivity contribution in [1.82, 2.24) is 30.0 Å². The number of benzene rings is 2. The number of pyridine rings is 1. The van der Waals surface area contributed by atoms with Gasteiger partial charge in [0.15, 0.2) is 5.65 Å². The molecule has 7 nitrogen and oxygen atoms in total. The lowest BCUT2D eigenvalue weighted by Gasteiger charge is -2.09. The van der Waals surface area contributed by atoms with Crippen molar-refractivity contribution in [2.45, 2.75) is 20.0 Å².